The molecule has 1 heterocycles. The fourth-order valence-corrected chi connectivity index (χ4v) is 4.24. The van der Waals surface area contributed by atoms with Crippen LogP contribution in [-0.4, -0.2) is 37.1 Å². The van der Waals surface area contributed by atoms with Crippen molar-refractivity contribution in [3.05, 3.63) is 65.7 Å². The summed E-state index contributed by atoms with van der Waals surface area (Å²) in [6, 6.07) is 14.3. The molecule has 2 aromatic carbocycles. The molecule has 0 saturated carbocycles. The van der Waals surface area contributed by atoms with Gasteiger partial charge in [-0.25, -0.2) is 17.5 Å². The van der Waals surface area contributed by atoms with E-state index in [0.717, 1.165) is 5.56 Å². The number of imide groups is 1. The maximum Gasteiger partial charge on any atom is 0.321 e. The number of amides is 4. The predicted molar refractivity (Wildman–Crippen MR) is 96.1 cm³/mol. The Morgan fingerprint density at radius 1 is 0.963 bits per heavy atom. The summed E-state index contributed by atoms with van der Waals surface area (Å²) in [5.74, 6) is -1.36. The predicted octanol–water partition coefficient (Wildman–Crippen LogP) is 1.25. The monoisotopic (exact) mass is 387 g/mol. The molecule has 0 atom stereocenters. The normalized spacial score (nSPS) is 14.5. The van der Waals surface area contributed by atoms with Crippen molar-refractivity contribution in [2.75, 3.05) is 6.54 Å². The Morgan fingerprint density at radius 3 is 2.33 bits per heavy atom. The molecule has 8 nitrogen and oxygen atoms in total. The van der Waals surface area contributed by atoms with Gasteiger partial charge in [0, 0.05) is 19.5 Å². The van der Waals surface area contributed by atoms with Crippen LogP contribution >= 0.6 is 0 Å². The Labute approximate surface area is 156 Å². The minimum atomic E-state index is -3.96. The first-order chi connectivity index (χ1) is 12.9. The number of rotatable bonds is 5. The number of urea groups is 1. The average molecular weight is 387 g/mol. The Balaban J connectivity index is 1.52. The van der Waals surface area contributed by atoms with Crippen LogP contribution in [0.3, 0.4) is 0 Å². The summed E-state index contributed by atoms with van der Waals surface area (Å²) in [4.78, 5) is 35.8. The lowest BCUT2D eigenvalue weighted by Crippen LogP contribution is -2.41. The van der Waals surface area contributed by atoms with E-state index < -0.39 is 27.9 Å². The van der Waals surface area contributed by atoms with E-state index in [9.17, 15) is 22.8 Å². The third-order valence-corrected chi connectivity index (χ3v) is 5.84. The van der Waals surface area contributed by atoms with Gasteiger partial charge in [-0.3, -0.25) is 14.9 Å². The Kier molecular flexibility index (Phi) is 5.22. The molecule has 2 N–H and O–H groups in total. The number of benzene rings is 2. The second-order valence-corrected chi connectivity index (χ2v) is 7.68. The van der Waals surface area contributed by atoms with Crippen LogP contribution in [0.2, 0.25) is 0 Å². The lowest BCUT2D eigenvalue weighted by Gasteiger charge is -2.14. The van der Waals surface area contributed by atoms with Gasteiger partial charge in [0.1, 0.15) is 4.90 Å². The first-order valence-corrected chi connectivity index (χ1v) is 9.61. The molecule has 0 aliphatic carbocycles. The molecule has 0 saturated heterocycles. The number of nitrogens with zero attached hydrogens (tertiary/aromatic N) is 1. The number of fused-ring (bicyclic) bond motifs is 1. The van der Waals surface area contributed by atoms with Gasteiger partial charge in [0.15, 0.2) is 0 Å². The Hall–Kier alpha value is -3.20. The van der Waals surface area contributed by atoms with E-state index >= 15 is 0 Å². The number of carbonyl (C=O) groups excluding carboxylic acids is 3. The van der Waals surface area contributed by atoms with Gasteiger partial charge in [-0.05, 0) is 17.7 Å². The zero-order valence-corrected chi connectivity index (χ0v) is 15.0. The highest BCUT2D eigenvalue weighted by atomic mass is 32.2. The van der Waals surface area contributed by atoms with Gasteiger partial charge in [-0.2, -0.15) is 0 Å². The highest BCUT2D eigenvalue weighted by molar-refractivity contribution is 7.90. The third kappa shape index (κ3) is 3.98. The second-order valence-electron chi connectivity index (χ2n) is 5.84. The van der Waals surface area contributed by atoms with Gasteiger partial charge < -0.3 is 5.32 Å². The standard InChI is InChI=1S/C18H17N3O5S/c22-16(20-18(24)19-12-13-6-2-1-3-7-13)10-11-21-17(23)14-8-4-5-9-15(14)27(21,25)26/h1-9H,10-12H2,(H2,19,20,22,24). The third-order valence-electron chi connectivity index (χ3n) is 4.00. The van der Waals surface area contributed by atoms with Gasteiger partial charge in [-0.1, -0.05) is 42.5 Å². The quantitative estimate of drug-likeness (QED) is 0.802. The number of hydrogen-bond acceptors (Lipinski definition) is 5. The second kappa shape index (κ2) is 7.58. The van der Waals surface area contributed by atoms with Crippen molar-refractivity contribution in [1.29, 1.82) is 0 Å². The largest absolute Gasteiger partial charge is 0.334 e. The van der Waals surface area contributed by atoms with Crippen LogP contribution in [0, 0.1) is 0 Å². The van der Waals surface area contributed by atoms with Gasteiger partial charge >= 0.3 is 6.03 Å². The molecular formula is C18H17N3O5S. The molecule has 0 fully saturated rings. The van der Waals surface area contributed by atoms with Gasteiger partial charge in [-0.15, -0.1) is 0 Å². The van der Waals surface area contributed by atoms with Crippen LogP contribution in [0.4, 0.5) is 4.79 Å². The SMILES string of the molecule is O=C(CCN1C(=O)c2ccccc2S1(=O)=O)NC(=O)NCc1ccccc1. The highest BCUT2D eigenvalue weighted by Crippen LogP contribution is 2.29. The van der Waals surface area contributed by atoms with E-state index in [0.29, 0.717) is 4.31 Å². The average Bonchev–Trinajstić information content (AvgIpc) is 2.85. The summed E-state index contributed by atoms with van der Waals surface area (Å²) < 4.78 is 25.4. The topological polar surface area (TPSA) is 113 Å². The smallest absolute Gasteiger partial charge is 0.321 e. The van der Waals surface area contributed by atoms with Gasteiger partial charge in [0.2, 0.25) is 5.91 Å². The number of sulfonamides is 1. The van der Waals surface area contributed by atoms with E-state index in [1.807, 2.05) is 30.3 Å². The van der Waals surface area contributed by atoms with Crippen LogP contribution in [-0.2, 0) is 21.4 Å². The molecule has 1 aliphatic rings. The zero-order chi connectivity index (χ0) is 19.4. The molecule has 3 rings (SSSR count). The van der Waals surface area contributed by atoms with E-state index in [2.05, 4.69) is 10.6 Å². The van der Waals surface area contributed by atoms with Crippen LogP contribution < -0.4 is 10.6 Å². The summed E-state index contributed by atoms with van der Waals surface area (Å²) in [6.45, 7) is -0.0953. The van der Waals surface area contributed by atoms with E-state index in [-0.39, 0.29) is 30.0 Å². The molecule has 2 aromatic rings. The van der Waals surface area contributed by atoms with Crippen molar-refractivity contribution in [3.8, 4) is 0 Å². The molecule has 0 spiro atoms. The van der Waals surface area contributed by atoms with Gasteiger partial charge in [0.05, 0.1) is 5.56 Å². The van der Waals surface area contributed by atoms with Crippen LogP contribution in [0.1, 0.15) is 22.3 Å². The van der Waals surface area contributed by atoms with Crippen molar-refractivity contribution in [2.24, 2.45) is 0 Å². The van der Waals surface area contributed by atoms with Crippen molar-refractivity contribution >= 4 is 27.9 Å². The molecule has 0 unspecified atom stereocenters. The molecule has 1 aliphatic heterocycles. The van der Waals surface area contributed by atoms with Crippen LogP contribution in [0.5, 0.6) is 0 Å². The summed E-state index contributed by atoms with van der Waals surface area (Å²) in [7, 11) is -3.96. The molecule has 0 aromatic heterocycles. The first kappa shape index (κ1) is 18.6. The molecule has 140 valence electrons. The van der Waals surface area contributed by atoms with Crippen molar-refractivity contribution < 1.29 is 22.8 Å². The molecule has 0 bridgehead atoms. The summed E-state index contributed by atoms with van der Waals surface area (Å²) in [6.07, 6.45) is -0.322. The molecule has 9 heteroatoms. The lowest BCUT2D eigenvalue weighted by molar-refractivity contribution is -0.120. The molecule has 4 amide bonds. The maximum absolute atomic E-state index is 12.4. The van der Waals surface area contributed by atoms with Crippen LogP contribution in [0.15, 0.2) is 59.5 Å². The molecule has 0 radical (unpaired) electrons. The van der Waals surface area contributed by atoms with Crippen molar-refractivity contribution in [1.82, 2.24) is 14.9 Å². The van der Waals surface area contributed by atoms with Crippen molar-refractivity contribution in [3.63, 3.8) is 0 Å². The molecule has 27 heavy (non-hydrogen) atoms. The molecular weight excluding hydrogens is 370 g/mol. The first-order valence-electron chi connectivity index (χ1n) is 8.17. The minimum absolute atomic E-state index is 0.0731. The van der Waals surface area contributed by atoms with E-state index in [1.165, 1.54) is 18.2 Å². The fraction of sp³-hybridized carbons (Fsp3) is 0.167. The van der Waals surface area contributed by atoms with E-state index in [1.54, 1.807) is 6.07 Å². The fourth-order valence-electron chi connectivity index (χ4n) is 2.67. The number of hydrogen-bond donors (Lipinski definition) is 2. The maximum atomic E-state index is 12.4. The highest BCUT2D eigenvalue weighted by Gasteiger charge is 2.40. The van der Waals surface area contributed by atoms with Gasteiger partial charge in [0.25, 0.3) is 15.9 Å². The number of carbonyl (C=O) groups is 3. The van der Waals surface area contributed by atoms with Crippen molar-refractivity contribution in [2.45, 2.75) is 17.9 Å². The van der Waals surface area contributed by atoms with E-state index in [4.69, 9.17) is 0 Å². The Bertz CT molecular complexity index is 989. The Morgan fingerprint density at radius 2 is 1.63 bits per heavy atom. The zero-order valence-electron chi connectivity index (χ0n) is 14.2. The summed E-state index contributed by atoms with van der Waals surface area (Å²) in [5, 5.41) is 4.64. The minimum Gasteiger partial charge on any atom is -0.334 e. The summed E-state index contributed by atoms with van der Waals surface area (Å²) >= 11 is 0. The summed E-state index contributed by atoms with van der Waals surface area (Å²) in [5.41, 5.74) is 0.949. The lowest BCUT2D eigenvalue weighted by atomic mass is 10.2. The van der Waals surface area contributed by atoms with Crippen LogP contribution in [0.25, 0.3) is 0 Å². The number of nitrogens with one attached hydrogen (secondary N) is 2.